The molecule has 7 heteroatoms. The van der Waals surface area contributed by atoms with Crippen LogP contribution in [0.4, 0.5) is 5.88 Å². The van der Waals surface area contributed by atoms with Crippen LogP contribution in [-0.2, 0) is 0 Å². The van der Waals surface area contributed by atoms with Gasteiger partial charge in [0.05, 0.1) is 12.3 Å². The van der Waals surface area contributed by atoms with Crippen LogP contribution >= 0.6 is 11.3 Å². The lowest BCUT2D eigenvalue weighted by atomic mass is 10.2. The molecule has 0 spiro atoms. The first-order valence-corrected chi connectivity index (χ1v) is 9.19. The zero-order valence-corrected chi connectivity index (χ0v) is 14.5. The van der Waals surface area contributed by atoms with Gasteiger partial charge in [-0.15, -0.1) is 11.3 Å². The number of oxazole rings is 1. The Morgan fingerprint density at radius 1 is 1.32 bits per heavy atom. The largest absolute Gasteiger partial charge is 0.459 e. The number of nitrogens with zero attached hydrogens (tertiary/aromatic N) is 3. The number of nitrogens with one attached hydrogen (secondary N) is 1. The number of hydrogen-bond acceptors (Lipinski definition) is 7. The third kappa shape index (κ3) is 3.31. The van der Waals surface area contributed by atoms with Crippen LogP contribution in [0.2, 0.25) is 0 Å². The fraction of sp³-hybridized carbons (Fsp3) is 0.333. The summed E-state index contributed by atoms with van der Waals surface area (Å²) in [5, 5.41) is 14.7. The first kappa shape index (κ1) is 15.9. The van der Waals surface area contributed by atoms with Crippen LogP contribution in [0.5, 0.6) is 0 Å². The molecule has 4 rings (SSSR count). The summed E-state index contributed by atoms with van der Waals surface area (Å²) in [5.74, 6) is 1.23. The second-order valence-electron chi connectivity index (χ2n) is 5.94. The normalized spacial score (nSPS) is 16.0. The fourth-order valence-corrected chi connectivity index (χ4v) is 4.02. The standard InChI is InChI=1S/C18H18N4O2S/c19-11-13-17(24-18(21-13)15-5-3-9-23-15)20-12-14(16-6-4-10-25-16)22-7-1-2-8-22/h3-6,9-10,14,20H,1-2,7-8,12H2/t14-/m0/s1. The Bertz CT molecular complexity index is 842. The van der Waals surface area contributed by atoms with E-state index in [-0.39, 0.29) is 11.7 Å². The summed E-state index contributed by atoms with van der Waals surface area (Å²) in [6.07, 6.45) is 4.02. The molecule has 0 radical (unpaired) electrons. The second-order valence-corrected chi connectivity index (χ2v) is 6.92. The molecule has 1 atom stereocenters. The van der Waals surface area contributed by atoms with Gasteiger partial charge in [0.25, 0.3) is 5.89 Å². The van der Waals surface area contributed by atoms with Crippen molar-refractivity contribution in [1.29, 1.82) is 5.26 Å². The molecule has 6 nitrogen and oxygen atoms in total. The molecule has 0 unspecified atom stereocenters. The summed E-state index contributed by atoms with van der Waals surface area (Å²) < 4.78 is 11.0. The average molecular weight is 354 g/mol. The predicted molar refractivity (Wildman–Crippen MR) is 95.3 cm³/mol. The summed E-state index contributed by atoms with van der Waals surface area (Å²) in [7, 11) is 0. The summed E-state index contributed by atoms with van der Waals surface area (Å²) in [6, 6.07) is 10.1. The monoisotopic (exact) mass is 354 g/mol. The highest BCUT2D eigenvalue weighted by molar-refractivity contribution is 7.10. The maximum Gasteiger partial charge on any atom is 0.266 e. The van der Waals surface area contributed by atoms with Gasteiger partial charge in [-0.2, -0.15) is 10.2 Å². The number of anilines is 1. The van der Waals surface area contributed by atoms with Gasteiger partial charge in [0, 0.05) is 11.4 Å². The van der Waals surface area contributed by atoms with Crippen LogP contribution in [0, 0.1) is 11.3 Å². The van der Waals surface area contributed by atoms with Gasteiger partial charge in [-0.25, -0.2) is 0 Å². The minimum absolute atomic E-state index is 0.248. The van der Waals surface area contributed by atoms with Crippen molar-refractivity contribution in [2.75, 3.05) is 25.0 Å². The van der Waals surface area contributed by atoms with Crippen LogP contribution in [0.15, 0.2) is 44.7 Å². The smallest absolute Gasteiger partial charge is 0.266 e. The fourth-order valence-electron chi connectivity index (χ4n) is 3.15. The van der Waals surface area contributed by atoms with Gasteiger partial charge < -0.3 is 14.2 Å². The van der Waals surface area contributed by atoms with Crippen molar-refractivity contribution in [2.45, 2.75) is 18.9 Å². The lowest BCUT2D eigenvalue weighted by molar-refractivity contribution is 0.258. The topological polar surface area (TPSA) is 78.2 Å². The van der Waals surface area contributed by atoms with Gasteiger partial charge in [0.1, 0.15) is 6.07 Å². The summed E-state index contributed by atoms with van der Waals surface area (Å²) in [4.78, 5) is 8.01. The number of thiophene rings is 1. The third-order valence-corrected chi connectivity index (χ3v) is 5.35. The van der Waals surface area contributed by atoms with Crippen LogP contribution in [0.25, 0.3) is 11.7 Å². The molecule has 128 valence electrons. The van der Waals surface area contributed by atoms with Crippen molar-refractivity contribution in [2.24, 2.45) is 0 Å². The molecule has 4 heterocycles. The van der Waals surface area contributed by atoms with E-state index in [4.69, 9.17) is 8.83 Å². The van der Waals surface area contributed by atoms with Crippen LogP contribution in [0.1, 0.15) is 29.5 Å². The molecule has 1 saturated heterocycles. The Labute approximate surface area is 149 Å². The molecular weight excluding hydrogens is 336 g/mol. The number of rotatable bonds is 6. The average Bonchev–Trinajstić information content (AvgIpc) is 3.41. The van der Waals surface area contributed by atoms with Crippen molar-refractivity contribution < 1.29 is 8.83 Å². The van der Waals surface area contributed by atoms with E-state index in [1.807, 2.05) is 0 Å². The Hall–Kier alpha value is -2.56. The SMILES string of the molecule is N#Cc1nc(-c2ccco2)oc1NC[C@@H](c1cccs1)N1CCCC1. The highest BCUT2D eigenvalue weighted by Crippen LogP contribution is 2.30. The molecule has 1 aliphatic heterocycles. The second kappa shape index (κ2) is 7.13. The Morgan fingerprint density at radius 2 is 2.20 bits per heavy atom. The quantitative estimate of drug-likeness (QED) is 0.717. The molecular formula is C18H18N4O2S. The summed E-state index contributed by atoms with van der Waals surface area (Å²) in [5.41, 5.74) is 0.248. The third-order valence-electron chi connectivity index (χ3n) is 4.37. The lowest BCUT2D eigenvalue weighted by Gasteiger charge is -2.26. The van der Waals surface area contributed by atoms with E-state index in [9.17, 15) is 5.26 Å². The van der Waals surface area contributed by atoms with E-state index in [2.05, 4.69) is 38.8 Å². The summed E-state index contributed by atoms with van der Waals surface area (Å²) in [6.45, 7) is 2.87. The Kier molecular flexibility index (Phi) is 4.55. The molecule has 0 bridgehead atoms. The summed E-state index contributed by atoms with van der Waals surface area (Å²) >= 11 is 1.76. The van der Waals surface area contributed by atoms with Gasteiger partial charge >= 0.3 is 0 Å². The molecule has 1 fully saturated rings. The highest BCUT2D eigenvalue weighted by atomic mass is 32.1. The lowest BCUT2D eigenvalue weighted by Crippen LogP contribution is -2.30. The molecule has 25 heavy (non-hydrogen) atoms. The van der Waals surface area contributed by atoms with Crippen LogP contribution in [0.3, 0.4) is 0 Å². The van der Waals surface area contributed by atoms with Gasteiger partial charge in [-0.05, 0) is 49.5 Å². The van der Waals surface area contributed by atoms with Crippen LogP contribution in [-0.4, -0.2) is 29.5 Å². The number of furan rings is 1. The molecule has 0 aromatic carbocycles. The van der Waals surface area contributed by atoms with E-state index in [0.717, 1.165) is 13.1 Å². The van der Waals surface area contributed by atoms with Crippen molar-refractivity contribution in [1.82, 2.24) is 9.88 Å². The minimum Gasteiger partial charge on any atom is -0.459 e. The van der Waals surface area contributed by atoms with Gasteiger partial charge in [-0.1, -0.05) is 6.07 Å². The van der Waals surface area contributed by atoms with Gasteiger partial charge in [0.2, 0.25) is 11.6 Å². The van der Waals surface area contributed by atoms with Crippen LogP contribution < -0.4 is 5.32 Å². The van der Waals surface area contributed by atoms with Crippen molar-refractivity contribution in [3.63, 3.8) is 0 Å². The molecule has 3 aromatic heterocycles. The maximum atomic E-state index is 9.34. The van der Waals surface area contributed by atoms with Crippen molar-refractivity contribution >= 4 is 17.2 Å². The van der Waals surface area contributed by atoms with E-state index in [0.29, 0.717) is 24.1 Å². The molecule has 1 N–H and O–H groups in total. The number of hydrogen-bond donors (Lipinski definition) is 1. The first-order chi connectivity index (χ1) is 12.3. The van der Waals surface area contributed by atoms with E-state index >= 15 is 0 Å². The van der Waals surface area contributed by atoms with E-state index in [1.165, 1.54) is 17.7 Å². The van der Waals surface area contributed by atoms with Crippen molar-refractivity contribution in [3.05, 3.63) is 46.5 Å². The Morgan fingerprint density at radius 3 is 2.88 bits per heavy atom. The number of likely N-dealkylation sites (tertiary alicyclic amines) is 1. The van der Waals surface area contributed by atoms with E-state index < -0.39 is 0 Å². The van der Waals surface area contributed by atoms with Crippen molar-refractivity contribution in [3.8, 4) is 17.7 Å². The van der Waals surface area contributed by atoms with Gasteiger partial charge in [-0.3, -0.25) is 4.90 Å². The highest BCUT2D eigenvalue weighted by Gasteiger charge is 2.25. The molecule has 0 amide bonds. The minimum atomic E-state index is 0.248. The number of nitriles is 1. The zero-order chi connectivity index (χ0) is 17.1. The number of aromatic nitrogens is 1. The maximum absolute atomic E-state index is 9.34. The molecule has 0 saturated carbocycles. The zero-order valence-electron chi connectivity index (χ0n) is 13.6. The van der Waals surface area contributed by atoms with Gasteiger partial charge in [0.15, 0.2) is 5.76 Å². The Balaban J connectivity index is 1.54. The molecule has 1 aliphatic rings. The molecule has 3 aromatic rings. The molecule has 0 aliphatic carbocycles. The first-order valence-electron chi connectivity index (χ1n) is 8.31. The van der Waals surface area contributed by atoms with E-state index in [1.54, 1.807) is 29.7 Å². The predicted octanol–water partition coefficient (Wildman–Crippen LogP) is 4.12.